The van der Waals surface area contributed by atoms with Crippen LogP contribution in [0.1, 0.15) is 18.4 Å². The van der Waals surface area contributed by atoms with Crippen molar-refractivity contribution in [1.29, 1.82) is 0 Å². The summed E-state index contributed by atoms with van der Waals surface area (Å²) in [4.78, 5) is 23.9. The molecule has 1 saturated carbocycles. The summed E-state index contributed by atoms with van der Waals surface area (Å²) in [5.41, 5.74) is 3.26. The zero-order valence-corrected chi connectivity index (χ0v) is 13.7. The molecule has 1 aliphatic rings. The average Bonchev–Trinajstić information content (AvgIpc) is 3.47. The van der Waals surface area contributed by atoms with E-state index in [1.54, 1.807) is 0 Å². The minimum absolute atomic E-state index is 0.0497. The monoisotopic (exact) mass is 323 g/mol. The van der Waals surface area contributed by atoms with Crippen molar-refractivity contribution in [1.82, 2.24) is 5.32 Å². The van der Waals surface area contributed by atoms with Crippen LogP contribution >= 0.6 is 0 Å². The van der Waals surface area contributed by atoms with Gasteiger partial charge in [0.15, 0.2) is 0 Å². The number of methoxy groups -OCH3 is 1. The predicted molar refractivity (Wildman–Crippen MR) is 92.3 cm³/mol. The molecular formula is C20H21NO3. The molecular weight excluding hydrogens is 302 g/mol. The van der Waals surface area contributed by atoms with Crippen molar-refractivity contribution >= 4 is 11.9 Å². The first-order valence-corrected chi connectivity index (χ1v) is 8.20. The Balaban J connectivity index is 1.69. The third-order valence-corrected chi connectivity index (χ3v) is 4.25. The van der Waals surface area contributed by atoms with Crippen molar-refractivity contribution in [3.05, 3.63) is 60.2 Å². The van der Waals surface area contributed by atoms with Crippen LogP contribution in [0.5, 0.6) is 0 Å². The summed E-state index contributed by atoms with van der Waals surface area (Å²) in [6.07, 6.45) is 2.25. The highest BCUT2D eigenvalue weighted by Gasteiger charge is 2.32. The second kappa shape index (κ2) is 7.30. The summed E-state index contributed by atoms with van der Waals surface area (Å²) >= 11 is 0. The van der Waals surface area contributed by atoms with Crippen LogP contribution in [-0.2, 0) is 20.7 Å². The first-order valence-electron chi connectivity index (χ1n) is 8.20. The van der Waals surface area contributed by atoms with Gasteiger partial charge in [-0.25, -0.2) is 4.79 Å². The number of hydrogen-bond donors (Lipinski definition) is 1. The first-order chi connectivity index (χ1) is 11.7. The number of amides is 1. The number of carbonyl (C=O) groups excluding carboxylic acids is 2. The number of nitrogens with one attached hydrogen (secondary N) is 1. The number of rotatable bonds is 6. The molecule has 1 N–H and O–H groups in total. The van der Waals surface area contributed by atoms with Crippen molar-refractivity contribution in [3.63, 3.8) is 0 Å². The molecule has 1 aliphatic carbocycles. The van der Waals surface area contributed by atoms with E-state index >= 15 is 0 Å². The Bertz CT molecular complexity index is 705. The third-order valence-electron chi connectivity index (χ3n) is 4.25. The van der Waals surface area contributed by atoms with E-state index in [2.05, 4.69) is 17.4 Å². The fourth-order valence-electron chi connectivity index (χ4n) is 2.67. The molecule has 2 aromatic rings. The van der Waals surface area contributed by atoms with E-state index in [1.807, 2.05) is 42.5 Å². The molecule has 1 atom stereocenters. The fraction of sp³-hybridized carbons (Fsp3) is 0.300. The lowest BCUT2D eigenvalue weighted by Crippen LogP contribution is -2.43. The van der Waals surface area contributed by atoms with Crippen molar-refractivity contribution in [2.75, 3.05) is 7.11 Å². The van der Waals surface area contributed by atoms with E-state index in [9.17, 15) is 9.59 Å². The quantitative estimate of drug-likeness (QED) is 0.832. The number of ether oxygens (including phenoxy) is 1. The molecule has 2 aromatic carbocycles. The van der Waals surface area contributed by atoms with Gasteiger partial charge in [0.1, 0.15) is 6.04 Å². The van der Waals surface area contributed by atoms with E-state index in [0.29, 0.717) is 6.42 Å². The summed E-state index contributed by atoms with van der Waals surface area (Å²) in [5.74, 6) is -0.389. The van der Waals surface area contributed by atoms with Gasteiger partial charge in [0.2, 0.25) is 5.91 Å². The zero-order valence-electron chi connectivity index (χ0n) is 13.7. The number of hydrogen-bond acceptors (Lipinski definition) is 3. The van der Waals surface area contributed by atoms with Crippen LogP contribution in [0, 0.1) is 5.92 Å². The Morgan fingerprint density at radius 1 is 1.04 bits per heavy atom. The van der Waals surface area contributed by atoms with E-state index in [0.717, 1.165) is 29.5 Å². The van der Waals surface area contributed by atoms with Gasteiger partial charge in [0.25, 0.3) is 0 Å². The highest BCUT2D eigenvalue weighted by Crippen LogP contribution is 2.29. The molecule has 1 amide bonds. The zero-order chi connectivity index (χ0) is 16.9. The van der Waals surface area contributed by atoms with Crippen LogP contribution in [0.15, 0.2) is 54.6 Å². The van der Waals surface area contributed by atoms with Crippen molar-refractivity contribution in [2.24, 2.45) is 5.92 Å². The molecule has 1 fully saturated rings. The molecule has 4 nitrogen and oxygen atoms in total. The fourth-order valence-corrected chi connectivity index (χ4v) is 2.67. The minimum atomic E-state index is -0.634. The molecule has 0 unspecified atom stereocenters. The summed E-state index contributed by atoms with van der Waals surface area (Å²) in [6.45, 7) is 0. The van der Waals surface area contributed by atoms with Gasteiger partial charge in [-0.05, 0) is 29.5 Å². The van der Waals surface area contributed by atoms with Crippen LogP contribution in [0.2, 0.25) is 0 Å². The second-order valence-electron chi connectivity index (χ2n) is 6.13. The van der Waals surface area contributed by atoms with Gasteiger partial charge in [0.05, 0.1) is 7.11 Å². The Morgan fingerprint density at radius 3 is 2.25 bits per heavy atom. The average molecular weight is 323 g/mol. The van der Waals surface area contributed by atoms with E-state index in [1.165, 1.54) is 7.11 Å². The minimum Gasteiger partial charge on any atom is -0.467 e. The van der Waals surface area contributed by atoms with Crippen molar-refractivity contribution in [2.45, 2.75) is 25.3 Å². The van der Waals surface area contributed by atoms with Crippen LogP contribution in [-0.4, -0.2) is 25.0 Å². The van der Waals surface area contributed by atoms with Gasteiger partial charge in [-0.1, -0.05) is 54.6 Å². The maximum atomic E-state index is 11.9. The highest BCUT2D eigenvalue weighted by atomic mass is 16.5. The lowest BCUT2D eigenvalue weighted by Gasteiger charge is -2.16. The molecule has 0 spiro atoms. The molecule has 4 heteroatoms. The van der Waals surface area contributed by atoms with Crippen LogP contribution < -0.4 is 5.32 Å². The van der Waals surface area contributed by atoms with Gasteiger partial charge < -0.3 is 10.1 Å². The normalized spacial score (nSPS) is 14.7. The van der Waals surface area contributed by atoms with Crippen LogP contribution in [0.3, 0.4) is 0 Å². The summed E-state index contributed by atoms with van der Waals surface area (Å²) in [6, 6.07) is 17.5. The molecule has 0 aromatic heterocycles. The summed E-state index contributed by atoms with van der Waals surface area (Å²) in [7, 11) is 1.34. The smallest absolute Gasteiger partial charge is 0.328 e. The van der Waals surface area contributed by atoms with Crippen molar-refractivity contribution < 1.29 is 14.3 Å². The SMILES string of the molecule is COC(=O)[C@@H](Cc1ccc(-c2ccccc2)cc1)NC(=O)C1CC1. The number of esters is 1. The van der Waals surface area contributed by atoms with E-state index < -0.39 is 12.0 Å². The molecule has 0 bridgehead atoms. The van der Waals surface area contributed by atoms with Gasteiger partial charge in [-0.3, -0.25) is 4.79 Å². The van der Waals surface area contributed by atoms with Crippen LogP contribution in [0.4, 0.5) is 0 Å². The Morgan fingerprint density at radius 2 is 1.67 bits per heavy atom. The van der Waals surface area contributed by atoms with Crippen LogP contribution in [0.25, 0.3) is 11.1 Å². The second-order valence-corrected chi connectivity index (χ2v) is 6.13. The summed E-state index contributed by atoms with van der Waals surface area (Å²) in [5, 5.41) is 2.81. The maximum absolute atomic E-state index is 11.9. The Kier molecular flexibility index (Phi) is 4.94. The van der Waals surface area contributed by atoms with Gasteiger partial charge in [0, 0.05) is 12.3 Å². The molecule has 24 heavy (non-hydrogen) atoms. The Labute approximate surface area is 141 Å². The largest absolute Gasteiger partial charge is 0.467 e. The highest BCUT2D eigenvalue weighted by molar-refractivity contribution is 5.87. The molecule has 0 aliphatic heterocycles. The van der Waals surface area contributed by atoms with Gasteiger partial charge in [-0.2, -0.15) is 0 Å². The van der Waals surface area contributed by atoms with E-state index in [-0.39, 0.29) is 11.8 Å². The number of carbonyl (C=O) groups is 2. The standard InChI is InChI=1S/C20H21NO3/c1-24-20(23)18(21-19(22)17-11-12-17)13-14-7-9-16(10-8-14)15-5-3-2-4-6-15/h2-10,17-18H,11-13H2,1H3,(H,21,22)/t18-/m1/s1. The lowest BCUT2D eigenvalue weighted by molar-refractivity contribution is -0.145. The molecule has 3 rings (SSSR count). The summed E-state index contributed by atoms with van der Waals surface area (Å²) < 4.78 is 4.82. The molecule has 0 radical (unpaired) electrons. The topological polar surface area (TPSA) is 55.4 Å². The predicted octanol–water partition coefficient (Wildman–Crippen LogP) is 2.96. The number of benzene rings is 2. The molecule has 0 heterocycles. The maximum Gasteiger partial charge on any atom is 0.328 e. The third kappa shape index (κ3) is 4.02. The van der Waals surface area contributed by atoms with Gasteiger partial charge in [-0.15, -0.1) is 0 Å². The van der Waals surface area contributed by atoms with Gasteiger partial charge >= 0.3 is 5.97 Å². The molecule has 0 saturated heterocycles. The Hall–Kier alpha value is -2.62. The first kappa shape index (κ1) is 16.2. The molecule has 124 valence electrons. The van der Waals surface area contributed by atoms with Crippen molar-refractivity contribution in [3.8, 4) is 11.1 Å². The lowest BCUT2D eigenvalue weighted by atomic mass is 10.0. The van der Waals surface area contributed by atoms with E-state index in [4.69, 9.17) is 4.74 Å².